The van der Waals surface area contributed by atoms with Crippen LogP contribution in [0.3, 0.4) is 0 Å². The van der Waals surface area contributed by atoms with Crippen LogP contribution in [0.1, 0.15) is 49.8 Å². The molecule has 0 saturated carbocycles. The van der Waals surface area contributed by atoms with Crippen molar-refractivity contribution in [3.63, 3.8) is 0 Å². The molecule has 0 atom stereocenters. The Bertz CT molecular complexity index is 1010. The smallest absolute Gasteiger partial charge is 0.166 e. The van der Waals surface area contributed by atoms with Crippen LogP contribution >= 0.6 is 0 Å². The van der Waals surface area contributed by atoms with Gasteiger partial charge in [-0.05, 0) is 61.0 Å². The molecule has 0 aromatic heterocycles. The fourth-order valence-corrected chi connectivity index (χ4v) is 3.35. The molecule has 0 fully saturated rings. The lowest BCUT2D eigenvalue weighted by molar-refractivity contribution is 0.340. The number of aryl methyl sites for hydroxylation is 1. The van der Waals surface area contributed by atoms with Crippen LogP contribution in [0.2, 0.25) is 0 Å². The number of hydrogen-bond donors (Lipinski definition) is 0. The van der Waals surface area contributed by atoms with Gasteiger partial charge in [0.2, 0.25) is 0 Å². The monoisotopic (exact) mass is 398 g/mol. The first-order chi connectivity index (χ1) is 14.0. The van der Waals surface area contributed by atoms with Gasteiger partial charge in [0.15, 0.2) is 11.7 Å². The molecule has 3 aromatic rings. The number of fused-ring (bicyclic) bond motifs is 1. The second kappa shape index (κ2) is 9.64. The maximum Gasteiger partial charge on any atom is 0.166 e. The molecule has 0 spiro atoms. The van der Waals surface area contributed by atoms with E-state index in [0.717, 1.165) is 19.3 Å². The molecule has 0 unspecified atom stereocenters. The number of hydrogen-bond acceptors (Lipinski definition) is 1. The van der Waals surface area contributed by atoms with Crippen molar-refractivity contribution in [3.8, 4) is 5.75 Å². The van der Waals surface area contributed by atoms with E-state index in [0.29, 0.717) is 35.1 Å². The average Bonchev–Trinajstić information content (AvgIpc) is 2.75. The normalized spacial score (nSPS) is 12.2. The van der Waals surface area contributed by atoms with Crippen LogP contribution in [0.5, 0.6) is 5.75 Å². The minimum Gasteiger partial charge on any atom is -0.494 e. The summed E-state index contributed by atoms with van der Waals surface area (Å²) in [7, 11) is 0. The summed E-state index contributed by atoms with van der Waals surface area (Å²) in [5, 5.41) is 0.978. The summed E-state index contributed by atoms with van der Waals surface area (Å²) in [4.78, 5) is 0. The van der Waals surface area contributed by atoms with Crippen molar-refractivity contribution in [1.82, 2.24) is 0 Å². The Labute approximate surface area is 169 Å². The summed E-state index contributed by atoms with van der Waals surface area (Å²) >= 11 is 0. The van der Waals surface area contributed by atoms with Gasteiger partial charge in [-0.1, -0.05) is 44.0 Å². The van der Waals surface area contributed by atoms with Gasteiger partial charge < -0.3 is 4.74 Å². The lowest BCUT2D eigenvalue weighted by Crippen LogP contribution is -1.93. The molecule has 0 aliphatic heterocycles. The lowest BCUT2D eigenvalue weighted by atomic mass is 9.99. The Morgan fingerprint density at radius 2 is 1.52 bits per heavy atom. The number of benzene rings is 3. The van der Waals surface area contributed by atoms with Gasteiger partial charge in [0.05, 0.1) is 6.61 Å². The predicted octanol–water partition coefficient (Wildman–Crippen LogP) is 7.88. The van der Waals surface area contributed by atoms with Crippen molar-refractivity contribution < 1.29 is 17.9 Å². The first-order valence-corrected chi connectivity index (χ1v) is 10.0. The van der Waals surface area contributed by atoms with Gasteiger partial charge in [0, 0.05) is 16.5 Å². The second-order valence-electron chi connectivity index (χ2n) is 7.02. The average molecular weight is 398 g/mol. The lowest BCUT2D eigenvalue weighted by Gasteiger charge is -2.09. The molecular weight excluding hydrogens is 373 g/mol. The predicted molar refractivity (Wildman–Crippen MR) is 114 cm³/mol. The molecule has 1 nitrogen and oxygen atoms in total. The molecular formula is C25H25F3O. The highest BCUT2D eigenvalue weighted by atomic mass is 19.2. The Hall–Kier alpha value is -2.75. The third kappa shape index (κ3) is 4.81. The van der Waals surface area contributed by atoms with Crippen LogP contribution in [0, 0.1) is 5.82 Å². The summed E-state index contributed by atoms with van der Waals surface area (Å²) in [6.07, 6.45) is 3.74. The van der Waals surface area contributed by atoms with Crippen molar-refractivity contribution in [2.75, 3.05) is 6.61 Å². The molecule has 152 valence electrons. The van der Waals surface area contributed by atoms with Crippen LogP contribution in [0.25, 0.3) is 22.4 Å². The van der Waals surface area contributed by atoms with E-state index in [2.05, 4.69) is 6.92 Å². The standard InChI is InChI=1S/C25H25F3O/c1-3-5-6-7-17-8-9-19-16-20(12-15-22(19)23(17)26)25(28)24(27)18-10-13-21(14-11-18)29-4-2/h8-16H,3-7H2,1-2H3. The second-order valence-corrected chi connectivity index (χ2v) is 7.02. The molecule has 0 saturated heterocycles. The van der Waals surface area contributed by atoms with Crippen molar-refractivity contribution in [1.29, 1.82) is 0 Å². The van der Waals surface area contributed by atoms with Gasteiger partial charge in [-0.3, -0.25) is 0 Å². The Balaban J connectivity index is 1.90. The van der Waals surface area contributed by atoms with Gasteiger partial charge in [0.25, 0.3) is 0 Å². The molecule has 29 heavy (non-hydrogen) atoms. The van der Waals surface area contributed by atoms with Crippen LogP contribution in [0.15, 0.2) is 54.6 Å². The third-order valence-electron chi connectivity index (χ3n) is 4.95. The minimum absolute atomic E-state index is 0.0852. The molecule has 0 N–H and O–H groups in total. The van der Waals surface area contributed by atoms with Crippen molar-refractivity contribution in [3.05, 3.63) is 77.1 Å². The number of ether oxygens (including phenoxy) is 1. The quantitative estimate of drug-likeness (QED) is 0.277. The highest BCUT2D eigenvalue weighted by molar-refractivity contribution is 5.90. The Kier molecular flexibility index (Phi) is 6.97. The van der Waals surface area contributed by atoms with Crippen molar-refractivity contribution in [2.24, 2.45) is 0 Å². The van der Waals surface area contributed by atoms with Crippen molar-refractivity contribution >= 4 is 22.4 Å². The topological polar surface area (TPSA) is 9.23 Å². The summed E-state index contributed by atoms with van der Waals surface area (Å²) in [5.41, 5.74) is 0.876. The number of rotatable bonds is 8. The summed E-state index contributed by atoms with van der Waals surface area (Å²) in [6.45, 7) is 4.46. The maximum absolute atomic E-state index is 14.8. The minimum atomic E-state index is -0.969. The van der Waals surface area contributed by atoms with E-state index in [1.54, 1.807) is 24.3 Å². The van der Waals surface area contributed by atoms with E-state index in [4.69, 9.17) is 4.74 Å². The SMILES string of the molecule is CCCCCc1ccc2cc(C(F)=C(F)c3ccc(OCC)cc3)ccc2c1F. The van der Waals surface area contributed by atoms with E-state index in [9.17, 15) is 13.2 Å². The first-order valence-electron chi connectivity index (χ1n) is 10.0. The molecule has 4 heteroatoms. The van der Waals surface area contributed by atoms with Crippen molar-refractivity contribution in [2.45, 2.75) is 39.5 Å². The van der Waals surface area contributed by atoms with Gasteiger partial charge in [0.1, 0.15) is 11.6 Å². The van der Waals surface area contributed by atoms with Gasteiger partial charge in [-0.2, -0.15) is 0 Å². The van der Waals surface area contributed by atoms with Gasteiger partial charge >= 0.3 is 0 Å². The first kappa shape index (κ1) is 21.0. The van der Waals surface area contributed by atoms with Gasteiger partial charge in [-0.25, -0.2) is 13.2 Å². The highest BCUT2D eigenvalue weighted by Gasteiger charge is 2.14. The fourth-order valence-electron chi connectivity index (χ4n) is 3.35. The molecule has 0 aliphatic carbocycles. The molecule has 0 amide bonds. The maximum atomic E-state index is 14.8. The van der Waals surface area contributed by atoms with Crippen LogP contribution in [0.4, 0.5) is 13.2 Å². The summed E-state index contributed by atoms with van der Waals surface area (Å²) in [6, 6.07) is 14.1. The van der Waals surface area contributed by atoms with Crippen LogP contribution < -0.4 is 4.74 Å². The van der Waals surface area contributed by atoms with E-state index in [1.165, 1.54) is 30.3 Å². The molecule has 3 rings (SSSR count). The molecule has 0 aliphatic rings. The molecule has 0 heterocycles. The summed E-state index contributed by atoms with van der Waals surface area (Å²) < 4.78 is 49.5. The largest absolute Gasteiger partial charge is 0.494 e. The number of halogens is 3. The molecule has 0 radical (unpaired) electrons. The zero-order valence-corrected chi connectivity index (χ0v) is 16.8. The number of unbranched alkanes of at least 4 members (excludes halogenated alkanes) is 2. The Morgan fingerprint density at radius 1 is 0.828 bits per heavy atom. The zero-order chi connectivity index (χ0) is 20.8. The van der Waals surface area contributed by atoms with E-state index >= 15 is 0 Å². The summed E-state index contributed by atoms with van der Waals surface area (Å²) in [5.74, 6) is -1.60. The molecule has 0 bridgehead atoms. The van der Waals surface area contributed by atoms with Crippen LogP contribution in [-0.2, 0) is 6.42 Å². The van der Waals surface area contributed by atoms with E-state index < -0.39 is 11.7 Å². The molecule has 3 aromatic carbocycles. The van der Waals surface area contributed by atoms with E-state index in [1.807, 2.05) is 6.92 Å². The van der Waals surface area contributed by atoms with E-state index in [-0.39, 0.29) is 16.9 Å². The van der Waals surface area contributed by atoms with Gasteiger partial charge in [-0.15, -0.1) is 0 Å². The third-order valence-corrected chi connectivity index (χ3v) is 4.95. The zero-order valence-electron chi connectivity index (χ0n) is 16.8. The highest BCUT2D eigenvalue weighted by Crippen LogP contribution is 2.32. The van der Waals surface area contributed by atoms with Crippen LogP contribution in [-0.4, -0.2) is 6.61 Å². The Morgan fingerprint density at radius 3 is 2.21 bits per heavy atom. The fraction of sp³-hybridized carbons (Fsp3) is 0.280.